The van der Waals surface area contributed by atoms with Crippen LogP contribution >= 0.6 is 23.2 Å². The molecule has 0 aliphatic heterocycles. The minimum absolute atomic E-state index is 0.00485. The summed E-state index contributed by atoms with van der Waals surface area (Å²) >= 11 is 11.5. The minimum Gasteiger partial charge on any atom is -0.491 e. The molecule has 0 unspecified atom stereocenters. The van der Waals surface area contributed by atoms with Gasteiger partial charge in [-0.3, -0.25) is 4.79 Å². The van der Waals surface area contributed by atoms with Gasteiger partial charge in [0.25, 0.3) is 0 Å². The van der Waals surface area contributed by atoms with Crippen LogP contribution in [0.5, 0.6) is 5.75 Å². The average Bonchev–Trinajstić information content (AvgIpc) is 2.20. The Kier molecular flexibility index (Phi) is 4.80. The normalized spacial score (nSPS) is 11.3. The third-order valence-electron chi connectivity index (χ3n) is 1.90. The number of carbonyl (C=O) groups excluding carboxylic acids is 1. The average molecular weight is 313 g/mol. The fourth-order valence-corrected chi connectivity index (χ4v) is 2.47. The van der Waals surface area contributed by atoms with Gasteiger partial charge in [-0.05, 0) is 6.07 Å². The van der Waals surface area contributed by atoms with Crippen LogP contribution < -0.4 is 15.6 Å². The van der Waals surface area contributed by atoms with Crippen molar-refractivity contribution in [1.29, 1.82) is 0 Å². The zero-order chi connectivity index (χ0) is 13.9. The molecule has 9 heteroatoms. The van der Waals surface area contributed by atoms with Gasteiger partial charge in [0.1, 0.15) is 10.6 Å². The van der Waals surface area contributed by atoms with Crippen molar-refractivity contribution in [3.63, 3.8) is 0 Å². The first-order valence-electron chi connectivity index (χ1n) is 4.64. The second-order valence-electron chi connectivity index (χ2n) is 3.32. The van der Waals surface area contributed by atoms with Crippen molar-refractivity contribution >= 4 is 39.1 Å². The van der Waals surface area contributed by atoms with Gasteiger partial charge in [0.05, 0.1) is 23.1 Å². The van der Waals surface area contributed by atoms with Gasteiger partial charge in [0, 0.05) is 6.07 Å². The maximum absolute atomic E-state index is 11.2. The van der Waals surface area contributed by atoms with Crippen LogP contribution in [0.25, 0.3) is 0 Å². The predicted octanol–water partition coefficient (Wildman–Crippen LogP) is 0.895. The van der Waals surface area contributed by atoms with E-state index in [0.717, 1.165) is 6.07 Å². The number of primary amides is 1. The summed E-state index contributed by atoms with van der Waals surface area (Å²) in [6.45, 7) is 0.0140. The van der Waals surface area contributed by atoms with Crippen LogP contribution in [0.4, 0.5) is 0 Å². The Morgan fingerprint density at radius 3 is 2.39 bits per heavy atom. The molecule has 0 aliphatic carbocycles. The Morgan fingerprint density at radius 2 is 1.89 bits per heavy atom. The van der Waals surface area contributed by atoms with E-state index in [9.17, 15) is 13.2 Å². The van der Waals surface area contributed by atoms with E-state index in [1.807, 2.05) is 0 Å². The van der Waals surface area contributed by atoms with Gasteiger partial charge in [0.15, 0.2) is 0 Å². The van der Waals surface area contributed by atoms with Gasteiger partial charge >= 0.3 is 0 Å². The number of ether oxygens (including phenoxy) is 1. The molecule has 0 bridgehead atoms. The number of hydrogen-bond acceptors (Lipinski definition) is 4. The molecular formula is C9H10Cl2N2O4S. The first-order chi connectivity index (χ1) is 8.21. The van der Waals surface area contributed by atoms with Crippen LogP contribution in [0, 0.1) is 0 Å². The maximum atomic E-state index is 11.2. The second-order valence-corrected chi connectivity index (χ2v) is 5.67. The number of nitrogens with two attached hydrogens (primary N) is 2. The topological polar surface area (TPSA) is 112 Å². The Balaban J connectivity index is 2.97. The van der Waals surface area contributed by atoms with Crippen LogP contribution in [-0.4, -0.2) is 20.9 Å². The molecule has 4 N–H and O–H groups in total. The summed E-state index contributed by atoms with van der Waals surface area (Å²) < 4.78 is 27.4. The summed E-state index contributed by atoms with van der Waals surface area (Å²) in [7, 11) is -3.95. The SMILES string of the molecule is NC(=O)CCOc1cc(Cl)c(S(N)(=O)=O)cc1Cl. The van der Waals surface area contributed by atoms with E-state index in [1.165, 1.54) is 6.07 Å². The van der Waals surface area contributed by atoms with Crippen LogP contribution in [0.1, 0.15) is 6.42 Å². The molecule has 100 valence electrons. The van der Waals surface area contributed by atoms with E-state index in [0.29, 0.717) is 0 Å². The Morgan fingerprint density at radius 1 is 1.28 bits per heavy atom. The molecule has 0 radical (unpaired) electrons. The summed E-state index contributed by atoms with van der Waals surface area (Å²) in [6, 6.07) is 2.30. The molecule has 1 amide bonds. The van der Waals surface area contributed by atoms with Gasteiger partial charge in [-0.15, -0.1) is 0 Å². The quantitative estimate of drug-likeness (QED) is 0.840. The highest BCUT2D eigenvalue weighted by atomic mass is 35.5. The maximum Gasteiger partial charge on any atom is 0.239 e. The molecule has 1 rings (SSSR count). The van der Waals surface area contributed by atoms with Crippen LogP contribution in [0.2, 0.25) is 10.0 Å². The molecule has 0 saturated heterocycles. The molecule has 0 fully saturated rings. The summed E-state index contributed by atoms with van der Waals surface area (Å²) in [4.78, 5) is 10.2. The number of sulfonamides is 1. The minimum atomic E-state index is -3.95. The molecule has 0 spiro atoms. The lowest BCUT2D eigenvalue weighted by atomic mass is 10.3. The van der Waals surface area contributed by atoms with E-state index in [2.05, 4.69) is 0 Å². The van der Waals surface area contributed by atoms with Gasteiger partial charge < -0.3 is 10.5 Å². The van der Waals surface area contributed by atoms with Crippen molar-refractivity contribution in [3.05, 3.63) is 22.2 Å². The Hall–Kier alpha value is -1.02. The number of halogens is 2. The molecule has 1 aromatic carbocycles. The molecule has 0 saturated carbocycles. The zero-order valence-electron chi connectivity index (χ0n) is 9.02. The summed E-state index contributed by atoms with van der Waals surface area (Å²) in [6.07, 6.45) is 0.00485. The van der Waals surface area contributed by atoms with E-state index in [-0.39, 0.29) is 33.7 Å². The fraction of sp³-hybridized carbons (Fsp3) is 0.222. The molecule has 6 nitrogen and oxygen atoms in total. The third-order valence-corrected chi connectivity index (χ3v) is 3.57. The lowest BCUT2D eigenvalue weighted by molar-refractivity contribution is -0.118. The second kappa shape index (κ2) is 5.75. The van der Waals surface area contributed by atoms with E-state index < -0.39 is 15.9 Å². The molecule has 0 atom stereocenters. The zero-order valence-corrected chi connectivity index (χ0v) is 11.3. The first kappa shape index (κ1) is 15.0. The van der Waals surface area contributed by atoms with E-state index >= 15 is 0 Å². The van der Waals surface area contributed by atoms with Gasteiger partial charge in [-0.25, -0.2) is 13.6 Å². The summed E-state index contributed by atoms with van der Waals surface area (Å²) in [5, 5.41) is 4.85. The van der Waals surface area contributed by atoms with Crippen molar-refractivity contribution in [2.45, 2.75) is 11.3 Å². The van der Waals surface area contributed by atoms with Crippen molar-refractivity contribution in [1.82, 2.24) is 0 Å². The number of benzene rings is 1. The number of amides is 1. The molecule has 1 aromatic rings. The highest BCUT2D eigenvalue weighted by Crippen LogP contribution is 2.33. The Labute approximate surface area is 114 Å². The summed E-state index contributed by atoms with van der Waals surface area (Å²) in [5.74, 6) is -0.381. The lowest BCUT2D eigenvalue weighted by Crippen LogP contribution is -2.15. The van der Waals surface area contributed by atoms with Crippen molar-refractivity contribution in [2.24, 2.45) is 10.9 Å². The Bertz CT molecular complexity index is 574. The van der Waals surface area contributed by atoms with Gasteiger partial charge in [-0.1, -0.05) is 23.2 Å². The highest BCUT2D eigenvalue weighted by Gasteiger charge is 2.16. The molecule has 18 heavy (non-hydrogen) atoms. The van der Waals surface area contributed by atoms with Crippen LogP contribution in [0.15, 0.2) is 17.0 Å². The summed E-state index contributed by atoms with van der Waals surface area (Å²) in [5.41, 5.74) is 4.93. The third kappa shape index (κ3) is 4.02. The van der Waals surface area contributed by atoms with Crippen LogP contribution in [-0.2, 0) is 14.8 Å². The largest absolute Gasteiger partial charge is 0.491 e. The number of hydrogen-bond donors (Lipinski definition) is 2. The van der Waals surface area contributed by atoms with Gasteiger partial charge in [-0.2, -0.15) is 0 Å². The van der Waals surface area contributed by atoms with E-state index in [4.69, 9.17) is 38.8 Å². The standard InChI is InChI=1S/C9H10Cl2N2O4S/c10-5-4-8(18(13,15)16)6(11)3-7(5)17-2-1-9(12)14/h3-4H,1-2H2,(H2,12,14)(H2,13,15,16). The number of carbonyl (C=O) groups is 1. The molecule has 0 heterocycles. The van der Waals surface area contributed by atoms with Crippen molar-refractivity contribution in [2.75, 3.05) is 6.61 Å². The van der Waals surface area contributed by atoms with E-state index in [1.54, 1.807) is 0 Å². The highest BCUT2D eigenvalue weighted by molar-refractivity contribution is 7.89. The molecule has 0 aromatic heterocycles. The molecular weight excluding hydrogens is 303 g/mol. The monoisotopic (exact) mass is 312 g/mol. The van der Waals surface area contributed by atoms with Crippen molar-refractivity contribution in [3.8, 4) is 5.75 Å². The smallest absolute Gasteiger partial charge is 0.239 e. The lowest BCUT2D eigenvalue weighted by Gasteiger charge is -2.09. The predicted molar refractivity (Wildman–Crippen MR) is 67.1 cm³/mol. The van der Waals surface area contributed by atoms with Gasteiger partial charge in [0.2, 0.25) is 15.9 Å². The number of rotatable bonds is 5. The van der Waals surface area contributed by atoms with Crippen LogP contribution in [0.3, 0.4) is 0 Å². The van der Waals surface area contributed by atoms with Crippen molar-refractivity contribution < 1.29 is 17.9 Å². The number of primary sulfonamides is 1. The first-order valence-corrected chi connectivity index (χ1v) is 6.95. The molecule has 0 aliphatic rings. The fourth-order valence-electron chi connectivity index (χ4n) is 1.10.